The van der Waals surface area contributed by atoms with E-state index >= 15 is 0 Å². The number of hydrogen-bond acceptors (Lipinski definition) is 4. The average Bonchev–Trinajstić information content (AvgIpc) is 3.36. The molecule has 1 atom stereocenters. The van der Waals surface area contributed by atoms with E-state index in [0.717, 1.165) is 28.4 Å². The lowest BCUT2D eigenvalue weighted by Crippen LogP contribution is -2.45. The van der Waals surface area contributed by atoms with Crippen LogP contribution in [-0.2, 0) is 22.7 Å². The first-order valence-corrected chi connectivity index (χ1v) is 11.3. The number of carbonyl (C=O) groups is 1. The van der Waals surface area contributed by atoms with E-state index in [1.54, 1.807) is 29.8 Å². The van der Waals surface area contributed by atoms with Gasteiger partial charge in [-0.05, 0) is 48.9 Å². The van der Waals surface area contributed by atoms with Crippen LogP contribution < -0.4 is 0 Å². The van der Waals surface area contributed by atoms with Crippen molar-refractivity contribution < 1.29 is 27.4 Å². The summed E-state index contributed by atoms with van der Waals surface area (Å²) >= 11 is 0. The van der Waals surface area contributed by atoms with E-state index in [9.17, 15) is 18.0 Å². The Kier molecular flexibility index (Phi) is 6.02. The Labute approximate surface area is 199 Å². The number of ether oxygens (including phenoxy) is 2. The molecule has 5 rings (SSSR count). The Morgan fingerprint density at radius 2 is 1.94 bits per heavy atom. The second kappa shape index (κ2) is 9.01. The van der Waals surface area contributed by atoms with E-state index < -0.39 is 11.7 Å². The summed E-state index contributed by atoms with van der Waals surface area (Å²) in [4.78, 5) is 15.1. The van der Waals surface area contributed by atoms with Gasteiger partial charge in [-0.3, -0.25) is 14.0 Å². The molecule has 0 saturated carbocycles. The van der Waals surface area contributed by atoms with Crippen LogP contribution in [0.25, 0.3) is 27.6 Å². The van der Waals surface area contributed by atoms with Gasteiger partial charge in [-0.2, -0.15) is 18.3 Å². The molecule has 184 valence electrons. The van der Waals surface area contributed by atoms with Gasteiger partial charge in [0.2, 0.25) is 0 Å². The Hall–Kier alpha value is -3.37. The van der Waals surface area contributed by atoms with Crippen molar-refractivity contribution in [3.8, 4) is 5.69 Å². The number of hydrogen-bond donors (Lipinski definition) is 0. The number of aryl methyl sites for hydroxylation is 1. The van der Waals surface area contributed by atoms with E-state index in [0.29, 0.717) is 49.6 Å². The van der Waals surface area contributed by atoms with Crippen molar-refractivity contribution in [2.75, 3.05) is 33.4 Å². The van der Waals surface area contributed by atoms with Gasteiger partial charge < -0.3 is 14.4 Å². The summed E-state index contributed by atoms with van der Waals surface area (Å²) in [6.07, 6.45) is -1.91. The molecule has 0 aliphatic carbocycles. The molecule has 3 heterocycles. The Morgan fingerprint density at radius 3 is 2.66 bits per heavy atom. The molecule has 2 aromatic heterocycles. The minimum absolute atomic E-state index is 0.0674. The lowest BCUT2D eigenvalue weighted by atomic mass is 10.1. The zero-order chi connectivity index (χ0) is 24.7. The number of alkyl halides is 3. The van der Waals surface area contributed by atoms with Crippen molar-refractivity contribution in [1.29, 1.82) is 0 Å². The molecule has 1 amide bonds. The molecule has 0 bridgehead atoms. The van der Waals surface area contributed by atoms with Gasteiger partial charge in [0.1, 0.15) is 0 Å². The van der Waals surface area contributed by atoms with Crippen LogP contribution in [0.2, 0.25) is 0 Å². The van der Waals surface area contributed by atoms with Gasteiger partial charge in [-0.15, -0.1) is 0 Å². The maximum Gasteiger partial charge on any atom is 0.416 e. The summed E-state index contributed by atoms with van der Waals surface area (Å²) in [5, 5.41) is 6.16. The molecule has 35 heavy (non-hydrogen) atoms. The van der Waals surface area contributed by atoms with Crippen LogP contribution in [-0.4, -0.2) is 64.7 Å². The Bertz CT molecular complexity index is 1370. The maximum absolute atomic E-state index is 13.3. The van der Waals surface area contributed by atoms with Gasteiger partial charge in [-0.25, -0.2) is 0 Å². The molecule has 1 unspecified atom stereocenters. The fraction of sp³-hybridized carbons (Fsp3) is 0.360. The molecular formula is C25H25F3N4O3. The van der Waals surface area contributed by atoms with Crippen LogP contribution in [0.4, 0.5) is 13.2 Å². The van der Waals surface area contributed by atoms with Crippen molar-refractivity contribution >= 4 is 27.8 Å². The van der Waals surface area contributed by atoms with E-state index in [-0.39, 0.29) is 12.0 Å². The van der Waals surface area contributed by atoms with Crippen molar-refractivity contribution in [1.82, 2.24) is 19.2 Å². The molecule has 10 heteroatoms. The highest BCUT2D eigenvalue weighted by Crippen LogP contribution is 2.34. The highest BCUT2D eigenvalue weighted by molar-refractivity contribution is 6.10. The molecule has 4 aromatic rings. The highest BCUT2D eigenvalue weighted by atomic mass is 19.4. The number of morpholine rings is 1. The van der Waals surface area contributed by atoms with E-state index in [1.165, 1.54) is 12.1 Å². The molecular weight excluding hydrogens is 461 g/mol. The number of fused-ring (bicyclic) bond motifs is 3. The van der Waals surface area contributed by atoms with Gasteiger partial charge in [0.25, 0.3) is 5.91 Å². The summed E-state index contributed by atoms with van der Waals surface area (Å²) in [7, 11) is 3.42. The lowest BCUT2D eigenvalue weighted by molar-refractivity contribution is -0.137. The van der Waals surface area contributed by atoms with E-state index in [1.807, 2.05) is 22.9 Å². The van der Waals surface area contributed by atoms with Crippen LogP contribution in [0.3, 0.4) is 0 Å². The lowest BCUT2D eigenvalue weighted by Gasteiger charge is -2.33. The number of rotatable bonds is 5. The van der Waals surface area contributed by atoms with E-state index in [4.69, 9.17) is 9.47 Å². The van der Waals surface area contributed by atoms with Crippen LogP contribution in [0.1, 0.15) is 22.3 Å². The van der Waals surface area contributed by atoms with Gasteiger partial charge in [-0.1, -0.05) is 0 Å². The van der Waals surface area contributed by atoms with Crippen LogP contribution >= 0.6 is 0 Å². The second-order valence-electron chi connectivity index (χ2n) is 8.68. The summed E-state index contributed by atoms with van der Waals surface area (Å²) in [5.74, 6) is -0.0862. The Balaban J connectivity index is 1.52. The number of amides is 1. The first kappa shape index (κ1) is 23.4. The molecule has 7 nitrogen and oxygen atoms in total. The van der Waals surface area contributed by atoms with Gasteiger partial charge in [0.05, 0.1) is 23.8 Å². The van der Waals surface area contributed by atoms with Crippen LogP contribution in [0.5, 0.6) is 0 Å². The van der Waals surface area contributed by atoms with Gasteiger partial charge in [0, 0.05) is 62.1 Å². The SMILES string of the molecule is COCCC1CN(C(=O)c2ccc3c(c2)c2cn(C)nc2n3-c2ccc(C(F)(F)F)cc2)CCO1. The second-order valence-corrected chi connectivity index (χ2v) is 8.68. The third-order valence-corrected chi connectivity index (χ3v) is 6.32. The molecule has 0 spiro atoms. The molecule has 1 saturated heterocycles. The zero-order valence-corrected chi connectivity index (χ0v) is 19.4. The normalized spacial score (nSPS) is 16.9. The summed E-state index contributed by atoms with van der Waals surface area (Å²) in [5.41, 5.74) is 1.76. The van der Waals surface area contributed by atoms with Crippen molar-refractivity contribution in [2.45, 2.75) is 18.7 Å². The number of methoxy groups -OCH3 is 1. The summed E-state index contributed by atoms with van der Waals surface area (Å²) < 4.78 is 53.5. The van der Waals surface area contributed by atoms with Gasteiger partial charge in [0.15, 0.2) is 5.65 Å². The Morgan fingerprint density at radius 1 is 1.17 bits per heavy atom. The minimum atomic E-state index is -4.41. The fourth-order valence-electron chi connectivity index (χ4n) is 4.60. The third kappa shape index (κ3) is 4.39. The molecule has 0 radical (unpaired) electrons. The standard InChI is InChI=1S/C25H25F3N4O3/c1-30-15-21-20-13-16(24(33)31-10-12-35-19(14-31)9-11-34-2)3-8-22(20)32(23(21)29-30)18-6-4-17(5-7-18)25(26,27)28/h3-8,13,15,19H,9-12,14H2,1-2H3. The summed E-state index contributed by atoms with van der Waals surface area (Å²) in [6.45, 7) is 2.04. The molecule has 1 aliphatic rings. The zero-order valence-electron chi connectivity index (χ0n) is 19.4. The number of halogens is 3. The topological polar surface area (TPSA) is 61.5 Å². The average molecular weight is 486 g/mol. The minimum Gasteiger partial charge on any atom is -0.385 e. The first-order chi connectivity index (χ1) is 16.8. The predicted molar refractivity (Wildman–Crippen MR) is 125 cm³/mol. The van der Waals surface area contributed by atoms with E-state index in [2.05, 4.69) is 5.10 Å². The van der Waals surface area contributed by atoms with Crippen molar-refractivity contribution in [3.63, 3.8) is 0 Å². The third-order valence-electron chi connectivity index (χ3n) is 6.32. The fourth-order valence-corrected chi connectivity index (χ4v) is 4.60. The van der Waals surface area contributed by atoms with Crippen LogP contribution in [0.15, 0.2) is 48.7 Å². The molecule has 0 N–H and O–H groups in total. The van der Waals surface area contributed by atoms with Crippen LogP contribution in [0, 0.1) is 0 Å². The molecule has 1 aliphatic heterocycles. The maximum atomic E-state index is 13.3. The quantitative estimate of drug-likeness (QED) is 0.419. The summed E-state index contributed by atoms with van der Waals surface area (Å²) in [6, 6.07) is 10.4. The predicted octanol–water partition coefficient (Wildman–Crippen LogP) is 4.41. The van der Waals surface area contributed by atoms with Gasteiger partial charge >= 0.3 is 6.18 Å². The molecule has 2 aromatic carbocycles. The monoisotopic (exact) mass is 486 g/mol. The highest BCUT2D eigenvalue weighted by Gasteiger charge is 2.30. The molecule has 1 fully saturated rings. The first-order valence-electron chi connectivity index (χ1n) is 11.3. The number of aromatic nitrogens is 3. The van der Waals surface area contributed by atoms with Crippen molar-refractivity contribution in [3.05, 3.63) is 59.8 Å². The smallest absolute Gasteiger partial charge is 0.385 e. The number of carbonyl (C=O) groups excluding carboxylic acids is 1. The number of nitrogens with zero attached hydrogens (tertiary/aromatic N) is 4. The van der Waals surface area contributed by atoms with Crippen molar-refractivity contribution in [2.24, 2.45) is 7.05 Å². The number of benzene rings is 2. The largest absolute Gasteiger partial charge is 0.416 e.